The molecule has 1 unspecified atom stereocenters. The Morgan fingerprint density at radius 2 is 2.35 bits per heavy atom. The summed E-state index contributed by atoms with van der Waals surface area (Å²) in [6.45, 7) is 5.13. The van der Waals surface area contributed by atoms with E-state index in [1.165, 1.54) is 30.7 Å². The number of carbonyl (C=O) groups is 1. The zero-order chi connectivity index (χ0) is 15.9. The summed E-state index contributed by atoms with van der Waals surface area (Å²) in [5, 5.41) is 9.26. The van der Waals surface area contributed by atoms with Crippen molar-refractivity contribution in [3.8, 4) is 0 Å². The smallest absolute Gasteiger partial charge is 0.261 e. The van der Waals surface area contributed by atoms with E-state index < -0.39 is 0 Å². The number of aryl methyl sites for hydroxylation is 1. The van der Waals surface area contributed by atoms with E-state index in [4.69, 9.17) is 0 Å². The summed E-state index contributed by atoms with van der Waals surface area (Å²) in [6.07, 6.45) is 7.39. The van der Waals surface area contributed by atoms with Crippen LogP contribution in [0.5, 0.6) is 0 Å². The number of nitrogens with one attached hydrogen (secondary N) is 1. The van der Waals surface area contributed by atoms with E-state index in [2.05, 4.69) is 15.3 Å². The Bertz CT molecular complexity index is 582. The van der Waals surface area contributed by atoms with Gasteiger partial charge in [-0.15, -0.1) is 11.3 Å². The highest BCUT2D eigenvalue weighted by Crippen LogP contribution is 2.16. The predicted molar refractivity (Wildman–Crippen MR) is 92.7 cm³/mol. The highest BCUT2D eigenvalue weighted by atomic mass is 32.1. The van der Waals surface area contributed by atoms with Crippen LogP contribution in [0.1, 0.15) is 28.9 Å². The average Bonchev–Trinajstić information content (AvgIpc) is 3.26. The molecule has 3 rings (SSSR count). The average molecular weight is 332 g/mol. The largest absolute Gasteiger partial charge is 0.351 e. The van der Waals surface area contributed by atoms with E-state index in [0.29, 0.717) is 5.92 Å². The molecule has 0 aliphatic carbocycles. The van der Waals surface area contributed by atoms with Crippen LogP contribution in [0.2, 0.25) is 0 Å². The van der Waals surface area contributed by atoms with Gasteiger partial charge in [0.05, 0.1) is 4.88 Å². The van der Waals surface area contributed by atoms with Crippen LogP contribution in [-0.4, -0.2) is 46.8 Å². The number of aromatic nitrogens is 2. The van der Waals surface area contributed by atoms with Gasteiger partial charge in [0, 0.05) is 32.0 Å². The van der Waals surface area contributed by atoms with E-state index in [0.717, 1.165) is 37.5 Å². The third-order valence-corrected chi connectivity index (χ3v) is 5.19. The zero-order valence-electron chi connectivity index (χ0n) is 13.4. The molecule has 0 spiro atoms. The molecular formula is C17H24N4OS. The summed E-state index contributed by atoms with van der Waals surface area (Å²) in [7, 11) is 0. The van der Waals surface area contributed by atoms with Crippen molar-refractivity contribution in [1.82, 2.24) is 20.0 Å². The van der Waals surface area contributed by atoms with E-state index in [1.54, 1.807) is 0 Å². The third-order valence-electron chi connectivity index (χ3n) is 4.32. The first-order valence-electron chi connectivity index (χ1n) is 8.33. The van der Waals surface area contributed by atoms with Crippen molar-refractivity contribution in [1.29, 1.82) is 0 Å². The van der Waals surface area contributed by atoms with Gasteiger partial charge >= 0.3 is 0 Å². The number of hydrogen-bond donors (Lipinski definition) is 1. The summed E-state index contributed by atoms with van der Waals surface area (Å²) in [5.41, 5.74) is 0. The molecule has 0 bridgehead atoms. The van der Waals surface area contributed by atoms with Gasteiger partial charge in [-0.25, -0.2) is 0 Å². The number of likely N-dealkylation sites (tertiary alicyclic amines) is 1. The van der Waals surface area contributed by atoms with Gasteiger partial charge in [-0.1, -0.05) is 6.07 Å². The summed E-state index contributed by atoms with van der Waals surface area (Å²) in [6, 6.07) is 5.76. The van der Waals surface area contributed by atoms with Gasteiger partial charge in [0.1, 0.15) is 0 Å². The molecule has 1 fully saturated rings. The molecule has 124 valence electrons. The van der Waals surface area contributed by atoms with Crippen molar-refractivity contribution in [2.24, 2.45) is 5.92 Å². The molecule has 1 atom stereocenters. The number of hydrogen-bond acceptors (Lipinski definition) is 4. The summed E-state index contributed by atoms with van der Waals surface area (Å²) in [4.78, 5) is 15.3. The van der Waals surface area contributed by atoms with E-state index in [1.807, 2.05) is 40.7 Å². The lowest BCUT2D eigenvalue weighted by Crippen LogP contribution is -2.41. The molecule has 1 aliphatic rings. The first kappa shape index (κ1) is 16.2. The van der Waals surface area contributed by atoms with Gasteiger partial charge < -0.3 is 10.2 Å². The Labute approximate surface area is 141 Å². The second kappa shape index (κ2) is 8.26. The van der Waals surface area contributed by atoms with Gasteiger partial charge in [-0.2, -0.15) is 5.10 Å². The van der Waals surface area contributed by atoms with E-state index in [9.17, 15) is 4.79 Å². The van der Waals surface area contributed by atoms with E-state index >= 15 is 0 Å². The van der Waals surface area contributed by atoms with Gasteiger partial charge in [0.2, 0.25) is 0 Å². The van der Waals surface area contributed by atoms with Crippen molar-refractivity contribution >= 4 is 17.2 Å². The molecule has 23 heavy (non-hydrogen) atoms. The van der Waals surface area contributed by atoms with Gasteiger partial charge in [0.25, 0.3) is 5.91 Å². The first-order valence-corrected chi connectivity index (χ1v) is 9.21. The lowest BCUT2D eigenvalue weighted by molar-refractivity contribution is 0.0936. The minimum absolute atomic E-state index is 0.0656. The molecule has 3 heterocycles. The van der Waals surface area contributed by atoms with Gasteiger partial charge in [-0.05, 0) is 55.8 Å². The monoisotopic (exact) mass is 332 g/mol. The number of nitrogens with zero attached hydrogens (tertiary/aromatic N) is 3. The minimum Gasteiger partial charge on any atom is -0.351 e. The Morgan fingerprint density at radius 1 is 1.39 bits per heavy atom. The molecule has 0 radical (unpaired) electrons. The maximum atomic E-state index is 12.0. The quantitative estimate of drug-likeness (QED) is 0.847. The molecule has 0 saturated carbocycles. The molecule has 2 aromatic heterocycles. The second-order valence-electron chi connectivity index (χ2n) is 6.12. The Kier molecular flexibility index (Phi) is 5.82. The fraction of sp³-hybridized carbons (Fsp3) is 0.529. The SMILES string of the molecule is O=C(NCC1CCCN(CCCn2cccn2)C1)c1cccs1. The minimum atomic E-state index is 0.0656. The van der Waals surface area contributed by atoms with Crippen molar-refractivity contribution in [3.05, 3.63) is 40.8 Å². The van der Waals surface area contributed by atoms with Crippen LogP contribution >= 0.6 is 11.3 Å². The van der Waals surface area contributed by atoms with E-state index in [-0.39, 0.29) is 5.91 Å². The molecule has 1 saturated heterocycles. The molecule has 1 amide bonds. The summed E-state index contributed by atoms with van der Waals surface area (Å²) >= 11 is 1.50. The van der Waals surface area contributed by atoms with Crippen LogP contribution in [0.3, 0.4) is 0 Å². The van der Waals surface area contributed by atoms with Crippen LogP contribution in [0.25, 0.3) is 0 Å². The molecule has 1 N–H and O–H groups in total. The topological polar surface area (TPSA) is 50.2 Å². The number of rotatable bonds is 7. The molecule has 1 aliphatic heterocycles. The number of piperidine rings is 1. The molecule has 2 aromatic rings. The second-order valence-corrected chi connectivity index (χ2v) is 7.07. The lowest BCUT2D eigenvalue weighted by Gasteiger charge is -2.32. The van der Waals surface area contributed by atoms with Crippen molar-refractivity contribution in [2.75, 3.05) is 26.2 Å². The summed E-state index contributed by atoms with van der Waals surface area (Å²) in [5.74, 6) is 0.633. The maximum Gasteiger partial charge on any atom is 0.261 e. The van der Waals surface area contributed by atoms with Crippen LogP contribution in [0, 0.1) is 5.92 Å². The number of thiophene rings is 1. The molecule has 6 heteroatoms. The highest BCUT2D eigenvalue weighted by molar-refractivity contribution is 7.12. The third kappa shape index (κ3) is 4.91. The Morgan fingerprint density at radius 3 is 3.13 bits per heavy atom. The fourth-order valence-electron chi connectivity index (χ4n) is 3.14. The van der Waals surface area contributed by atoms with Crippen LogP contribution < -0.4 is 5.32 Å². The molecule has 0 aromatic carbocycles. The first-order chi connectivity index (χ1) is 11.3. The Balaban J connectivity index is 1.37. The van der Waals surface area contributed by atoms with Gasteiger partial charge in [0.15, 0.2) is 0 Å². The van der Waals surface area contributed by atoms with Crippen LogP contribution in [0.4, 0.5) is 0 Å². The fourth-order valence-corrected chi connectivity index (χ4v) is 3.78. The van der Waals surface area contributed by atoms with Crippen molar-refractivity contribution in [3.63, 3.8) is 0 Å². The summed E-state index contributed by atoms with van der Waals surface area (Å²) < 4.78 is 1.99. The van der Waals surface area contributed by atoms with Crippen LogP contribution in [0.15, 0.2) is 36.0 Å². The Hall–Kier alpha value is -1.66. The van der Waals surface area contributed by atoms with Gasteiger partial charge in [-0.3, -0.25) is 9.48 Å². The zero-order valence-corrected chi connectivity index (χ0v) is 14.2. The predicted octanol–water partition coefficient (Wildman–Crippen LogP) is 2.48. The molecular weight excluding hydrogens is 308 g/mol. The highest BCUT2D eigenvalue weighted by Gasteiger charge is 2.20. The number of amides is 1. The number of carbonyl (C=O) groups excluding carboxylic acids is 1. The van der Waals surface area contributed by atoms with Crippen LogP contribution in [-0.2, 0) is 6.54 Å². The van der Waals surface area contributed by atoms with Crippen molar-refractivity contribution in [2.45, 2.75) is 25.8 Å². The normalized spacial score (nSPS) is 18.9. The maximum absolute atomic E-state index is 12.0. The lowest BCUT2D eigenvalue weighted by atomic mass is 9.98. The van der Waals surface area contributed by atoms with Crippen molar-refractivity contribution < 1.29 is 4.79 Å². The molecule has 5 nitrogen and oxygen atoms in total. The standard InChI is InChI=1S/C17H24N4OS/c22-17(16-6-2-12-23-16)18-13-15-5-1-8-20(14-15)9-4-11-21-10-3-7-19-21/h2-3,6-7,10,12,15H,1,4-5,8-9,11,13-14H2,(H,18,22).